The molecule has 0 saturated carbocycles. The zero-order valence-electron chi connectivity index (χ0n) is 16.6. The van der Waals surface area contributed by atoms with Gasteiger partial charge in [0.25, 0.3) is 5.91 Å². The first-order chi connectivity index (χ1) is 14.2. The van der Waals surface area contributed by atoms with Crippen molar-refractivity contribution < 1.29 is 23.5 Å². The van der Waals surface area contributed by atoms with Crippen LogP contribution in [0.2, 0.25) is 10.0 Å². The largest absolute Gasteiger partial charge is 0.475 e. The minimum atomic E-state index is -1.19. The molecule has 0 radical (unpaired) electrons. The summed E-state index contributed by atoms with van der Waals surface area (Å²) < 4.78 is 25.0. The summed E-state index contributed by atoms with van der Waals surface area (Å²) in [6.45, 7) is 3.64. The van der Waals surface area contributed by atoms with Gasteiger partial charge < -0.3 is 14.8 Å². The number of halogens is 3. The van der Waals surface area contributed by atoms with Crippen LogP contribution in [0.1, 0.15) is 37.8 Å². The van der Waals surface area contributed by atoms with Gasteiger partial charge in [0.05, 0.1) is 17.8 Å². The number of nitrogens with one attached hydrogen (secondary N) is 1. The number of fused-ring (bicyclic) bond motifs is 1. The van der Waals surface area contributed by atoms with Gasteiger partial charge in [-0.25, -0.2) is 9.18 Å². The summed E-state index contributed by atoms with van der Waals surface area (Å²) in [5.41, 5.74) is 0.285. The molecule has 8 heteroatoms. The molecule has 0 aromatic heterocycles. The number of anilines is 1. The molecule has 5 nitrogen and oxygen atoms in total. The van der Waals surface area contributed by atoms with Crippen molar-refractivity contribution in [3.8, 4) is 5.75 Å². The molecule has 3 rings (SSSR count). The number of carbonyl (C=O) groups excluding carboxylic acids is 2. The van der Waals surface area contributed by atoms with Gasteiger partial charge in [-0.3, -0.25) is 4.79 Å². The van der Waals surface area contributed by atoms with Crippen LogP contribution in [-0.2, 0) is 14.3 Å². The molecule has 0 aliphatic carbocycles. The van der Waals surface area contributed by atoms with Crippen LogP contribution in [0.15, 0.2) is 30.3 Å². The summed E-state index contributed by atoms with van der Waals surface area (Å²) >= 11 is 12.0. The highest BCUT2D eigenvalue weighted by Crippen LogP contribution is 2.39. The van der Waals surface area contributed by atoms with E-state index >= 15 is 0 Å². The number of methoxy groups -OCH3 is 1. The van der Waals surface area contributed by atoms with Gasteiger partial charge in [0.1, 0.15) is 11.6 Å². The fourth-order valence-corrected chi connectivity index (χ4v) is 3.67. The van der Waals surface area contributed by atoms with E-state index in [4.69, 9.17) is 32.7 Å². The van der Waals surface area contributed by atoms with Crippen LogP contribution in [0.3, 0.4) is 0 Å². The molecule has 0 saturated heterocycles. The minimum Gasteiger partial charge on any atom is -0.475 e. The van der Waals surface area contributed by atoms with Crippen LogP contribution in [-0.4, -0.2) is 24.6 Å². The molecule has 0 bridgehead atoms. The summed E-state index contributed by atoms with van der Waals surface area (Å²) in [4.78, 5) is 24.9. The Morgan fingerprint density at radius 1 is 1.20 bits per heavy atom. The maximum atomic E-state index is 14.0. The summed E-state index contributed by atoms with van der Waals surface area (Å²) in [5.74, 6) is -1.21. The van der Waals surface area contributed by atoms with Crippen LogP contribution in [0.5, 0.6) is 5.75 Å². The smallest absolute Gasteiger partial charge is 0.350 e. The van der Waals surface area contributed by atoms with Gasteiger partial charge in [-0.2, -0.15) is 0 Å². The number of esters is 1. The van der Waals surface area contributed by atoms with Crippen molar-refractivity contribution in [3.63, 3.8) is 0 Å². The molecule has 1 amide bonds. The molecule has 0 spiro atoms. The Balaban J connectivity index is 2.11. The second-order valence-electron chi connectivity index (χ2n) is 6.80. The molecule has 1 aliphatic rings. The fourth-order valence-electron chi connectivity index (χ4n) is 3.33. The lowest BCUT2D eigenvalue weighted by atomic mass is 9.96. The molecular weight excluding hydrogens is 432 g/mol. The molecule has 2 aromatic carbocycles. The topological polar surface area (TPSA) is 64.6 Å². The van der Waals surface area contributed by atoms with E-state index in [2.05, 4.69) is 5.32 Å². The average molecular weight is 452 g/mol. The van der Waals surface area contributed by atoms with Crippen molar-refractivity contribution in [1.29, 1.82) is 0 Å². The molecule has 0 unspecified atom stereocenters. The van der Waals surface area contributed by atoms with Gasteiger partial charge in [0, 0.05) is 21.7 Å². The Morgan fingerprint density at radius 3 is 2.53 bits per heavy atom. The monoisotopic (exact) mass is 451 g/mol. The minimum absolute atomic E-state index is 0.0872. The molecule has 1 heterocycles. The Morgan fingerprint density at radius 2 is 1.90 bits per heavy atom. The first-order valence-electron chi connectivity index (χ1n) is 9.34. The Hall–Kier alpha value is -2.57. The van der Waals surface area contributed by atoms with E-state index in [0.29, 0.717) is 40.4 Å². The summed E-state index contributed by atoms with van der Waals surface area (Å²) in [7, 11) is 1.30. The first-order valence-corrected chi connectivity index (χ1v) is 10.1. The van der Waals surface area contributed by atoms with E-state index in [1.807, 2.05) is 13.8 Å². The second kappa shape index (κ2) is 8.66. The van der Waals surface area contributed by atoms with Crippen molar-refractivity contribution in [1.82, 2.24) is 0 Å². The van der Waals surface area contributed by atoms with E-state index in [9.17, 15) is 14.0 Å². The van der Waals surface area contributed by atoms with Crippen LogP contribution >= 0.6 is 23.2 Å². The fraction of sp³-hybridized carbons (Fsp3) is 0.273. The SMILES string of the molecule is CCC(CC)(Oc1ccc(Cl)cc1/C=C1/C(=O)Nc2cc(Cl)c(F)cc21)C(=O)OC. The predicted octanol–water partition coefficient (Wildman–Crippen LogP) is 5.74. The standard InChI is InChI=1S/C22H20Cl2FNO4/c1-4-22(5-2,21(28)29-3)30-19-7-6-13(23)8-12(19)9-15-14-10-17(25)16(24)11-18(14)26-20(15)27/h6-11H,4-5H2,1-3H3,(H,26,27)/b15-9+. The molecule has 2 aromatic rings. The Bertz CT molecular complexity index is 1050. The van der Waals surface area contributed by atoms with Gasteiger partial charge in [-0.1, -0.05) is 37.0 Å². The molecular formula is C22H20Cl2FNO4. The maximum Gasteiger partial charge on any atom is 0.350 e. The van der Waals surface area contributed by atoms with Crippen LogP contribution in [0.4, 0.5) is 10.1 Å². The average Bonchev–Trinajstić information content (AvgIpc) is 3.02. The molecule has 1 aliphatic heterocycles. The van der Waals surface area contributed by atoms with Crippen LogP contribution in [0.25, 0.3) is 11.6 Å². The maximum absolute atomic E-state index is 14.0. The van der Waals surface area contributed by atoms with Crippen molar-refractivity contribution >= 4 is 52.4 Å². The molecule has 0 fully saturated rings. The van der Waals surface area contributed by atoms with E-state index < -0.39 is 23.3 Å². The summed E-state index contributed by atoms with van der Waals surface area (Å²) in [5, 5.41) is 2.98. The number of carbonyl (C=O) groups is 2. The number of hydrogen-bond donors (Lipinski definition) is 1. The molecule has 30 heavy (non-hydrogen) atoms. The number of benzene rings is 2. The second-order valence-corrected chi connectivity index (χ2v) is 7.64. The van der Waals surface area contributed by atoms with Crippen LogP contribution in [0, 0.1) is 5.82 Å². The zero-order chi connectivity index (χ0) is 22.1. The highest BCUT2D eigenvalue weighted by molar-refractivity contribution is 6.37. The predicted molar refractivity (Wildman–Crippen MR) is 115 cm³/mol. The number of amides is 1. The highest BCUT2D eigenvalue weighted by atomic mass is 35.5. The lowest BCUT2D eigenvalue weighted by Gasteiger charge is -2.30. The first kappa shape index (κ1) is 22.1. The number of ether oxygens (including phenoxy) is 2. The van der Waals surface area contributed by atoms with Gasteiger partial charge in [0.2, 0.25) is 5.60 Å². The van der Waals surface area contributed by atoms with E-state index in [1.165, 1.54) is 19.2 Å². The normalized spacial score (nSPS) is 14.5. The van der Waals surface area contributed by atoms with E-state index in [1.54, 1.807) is 24.3 Å². The zero-order valence-corrected chi connectivity index (χ0v) is 18.2. The number of rotatable bonds is 6. The van der Waals surface area contributed by atoms with Crippen molar-refractivity contribution in [2.24, 2.45) is 0 Å². The highest BCUT2D eigenvalue weighted by Gasteiger charge is 2.39. The summed E-state index contributed by atoms with van der Waals surface area (Å²) in [6, 6.07) is 7.40. The third-order valence-electron chi connectivity index (χ3n) is 5.12. The molecule has 1 N–H and O–H groups in total. The van der Waals surface area contributed by atoms with Gasteiger partial charge in [-0.15, -0.1) is 0 Å². The summed E-state index contributed by atoms with van der Waals surface area (Å²) in [6.07, 6.45) is 2.30. The third kappa shape index (κ3) is 4.02. The van der Waals surface area contributed by atoms with Gasteiger partial charge >= 0.3 is 5.97 Å². The van der Waals surface area contributed by atoms with Crippen LogP contribution < -0.4 is 10.1 Å². The van der Waals surface area contributed by atoms with E-state index in [-0.39, 0.29) is 10.6 Å². The molecule has 0 atom stereocenters. The van der Waals surface area contributed by atoms with Crippen molar-refractivity contribution in [3.05, 3.63) is 57.3 Å². The molecule has 158 valence electrons. The van der Waals surface area contributed by atoms with Crippen molar-refractivity contribution in [2.45, 2.75) is 32.3 Å². The lowest BCUT2D eigenvalue weighted by Crippen LogP contribution is -2.44. The number of hydrogen-bond acceptors (Lipinski definition) is 4. The quantitative estimate of drug-likeness (QED) is 0.449. The van der Waals surface area contributed by atoms with Gasteiger partial charge in [-0.05, 0) is 49.2 Å². The Labute approximate surface area is 183 Å². The van der Waals surface area contributed by atoms with E-state index in [0.717, 1.165) is 0 Å². The van der Waals surface area contributed by atoms with Gasteiger partial charge in [0.15, 0.2) is 0 Å². The lowest BCUT2D eigenvalue weighted by molar-refractivity contribution is -0.159. The van der Waals surface area contributed by atoms with Crippen molar-refractivity contribution in [2.75, 3.05) is 12.4 Å². The Kier molecular flexibility index (Phi) is 6.38. The third-order valence-corrected chi connectivity index (χ3v) is 5.64.